The van der Waals surface area contributed by atoms with Crippen LogP contribution >= 0.6 is 11.6 Å². The Morgan fingerprint density at radius 1 is 1.37 bits per heavy atom. The first kappa shape index (κ1) is 17.8. The van der Waals surface area contributed by atoms with Gasteiger partial charge in [-0.3, -0.25) is 4.79 Å². The highest BCUT2D eigenvalue weighted by molar-refractivity contribution is 6.31. The van der Waals surface area contributed by atoms with Crippen molar-refractivity contribution in [2.45, 2.75) is 26.0 Å². The molecule has 1 unspecified atom stereocenters. The fourth-order valence-corrected chi connectivity index (χ4v) is 3.75. The highest BCUT2D eigenvalue weighted by Crippen LogP contribution is 2.43. The number of carbonyl (C=O) groups is 1. The molecule has 0 fully saturated rings. The molecule has 1 atom stereocenters. The molecule has 0 aromatic heterocycles. The number of fused-ring (bicyclic) bond motifs is 1. The van der Waals surface area contributed by atoms with Gasteiger partial charge in [-0.15, -0.1) is 4.99 Å². The van der Waals surface area contributed by atoms with E-state index in [2.05, 4.69) is 9.89 Å². The Bertz CT molecular complexity index is 917. The summed E-state index contributed by atoms with van der Waals surface area (Å²) in [6, 6.07) is 11.5. The molecular formula is C20H18ClFN2O3. The standard InChI is InChI=1S/C20H18ClFN2O3/c1-2-26-20-23-19(25)18(27-20)15-16(22)14(21)10-13-8-9-24(17(13)15)11-12-6-4-3-5-7-12/h3-7,10,18H,2,8-9,11H2,1H3. The van der Waals surface area contributed by atoms with Crippen LogP contribution in [0.1, 0.15) is 29.7 Å². The van der Waals surface area contributed by atoms with Crippen molar-refractivity contribution < 1.29 is 18.7 Å². The van der Waals surface area contributed by atoms with Gasteiger partial charge in [0.05, 0.1) is 22.9 Å². The highest BCUT2D eigenvalue weighted by atomic mass is 35.5. The molecule has 7 heteroatoms. The molecule has 2 aromatic carbocycles. The Labute approximate surface area is 161 Å². The molecule has 1 amide bonds. The first-order chi connectivity index (χ1) is 13.1. The van der Waals surface area contributed by atoms with Gasteiger partial charge >= 0.3 is 6.08 Å². The van der Waals surface area contributed by atoms with Gasteiger partial charge in [0.1, 0.15) is 0 Å². The Kier molecular flexibility index (Phi) is 4.74. The number of hydrogen-bond acceptors (Lipinski definition) is 4. The number of halogens is 2. The van der Waals surface area contributed by atoms with Crippen molar-refractivity contribution in [2.24, 2.45) is 4.99 Å². The zero-order chi connectivity index (χ0) is 19.0. The van der Waals surface area contributed by atoms with Crippen LogP contribution in [0.5, 0.6) is 0 Å². The van der Waals surface area contributed by atoms with Crippen LogP contribution in [0.2, 0.25) is 5.02 Å². The maximum absolute atomic E-state index is 15.0. The van der Waals surface area contributed by atoms with Crippen LogP contribution in [0.3, 0.4) is 0 Å². The number of anilines is 1. The smallest absolute Gasteiger partial charge is 0.392 e. The van der Waals surface area contributed by atoms with Gasteiger partial charge in [-0.1, -0.05) is 41.9 Å². The number of benzene rings is 2. The number of hydrogen-bond donors (Lipinski definition) is 0. The number of carbonyl (C=O) groups excluding carboxylic acids is 1. The molecule has 0 N–H and O–H groups in total. The van der Waals surface area contributed by atoms with Gasteiger partial charge in [0, 0.05) is 13.1 Å². The number of ether oxygens (including phenoxy) is 2. The van der Waals surface area contributed by atoms with Gasteiger partial charge in [0.15, 0.2) is 5.82 Å². The van der Waals surface area contributed by atoms with Gasteiger partial charge in [0.2, 0.25) is 6.10 Å². The van der Waals surface area contributed by atoms with E-state index in [-0.39, 0.29) is 16.7 Å². The second-order valence-electron chi connectivity index (χ2n) is 6.40. The lowest BCUT2D eigenvalue weighted by atomic mass is 10.0. The van der Waals surface area contributed by atoms with Crippen LogP contribution in [0, 0.1) is 5.82 Å². The molecule has 2 aliphatic rings. The minimum absolute atomic E-state index is 0.0217. The molecule has 0 radical (unpaired) electrons. The molecule has 2 heterocycles. The second-order valence-corrected chi connectivity index (χ2v) is 6.80. The largest absolute Gasteiger partial charge is 0.451 e. The summed E-state index contributed by atoms with van der Waals surface area (Å²) in [6.45, 7) is 3.36. The number of amides is 1. The van der Waals surface area contributed by atoms with E-state index in [0.29, 0.717) is 25.4 Å². The van der Waals surface area contributed by atoms with E-state index in [1.54, 1.807) is 13.0 Å². The van der Waals surface area contributed by atoms with Crippen molar-refractivity contribution in [3.05, 3.63) is 63.9 Å². The van der Waals surface area contributed by atoms with E-state index in [9.17, 15) is 4.79 Å². The van der Waals surface area contributed by atoms with Crippen LogP contribution in [0.15, 0.2) is 41.4 Å². The zero-order valence-electron chi connectivity index (χ0n) is 14.7. The molecule has 4 rings (SSSR count). The minimum Gasteiger partial charge on any atom is -0.451 e. The van der Waals surface area contributed by atoms with Crippen molar-refractivity contribution in [1.82, 2.24) is 0 Å². The normalized spacial score (nSPS) is 18.3. The number of aliphatic imine (C=N–C) groups is 1. The molecule has 0 bridgehead atoms. The van der Waals surface area contributed by atoms with Crippen LogP contribution in [0.25, 0.3) is 0 Å². The maximum atomic E-state index is 15.0. The monoisotopic (exact) mass is 388 g/mol. The lowest BCUT2D eigenvalue weighted by molar-refractivity contribution is -0.123. The topological polar surface area (TPSA) is 51.1 Å². The minimum atomic E-state index is -1.18. The third-order valence-corrected chi connectivity index (χ3v) is 4.94. The molecular weight excluding hydrogens is 371 g/mol. The van der Waals surface area contributed by atoms with Crippen molar-refractivity contribution in [3.8, 4) is 0 Å². The lowest BCUT2D eigenvalue weighted by Crippen LogP contribution is -2.23. The van der Waals surface area contributed by atoms with Crippen molar-refractivity contribution in [3.63, 3.8) is 0 Å². The molecule has 0 aliphatic carbocycles. The van der Waals surface area contributed by atoms with Crippen molar-refractivity contribution >= 4 is 29.3 Å². The fourth-order valence-electron chi connectivity index (χ4n) is 3.52. The van der Waals surface area contributed by atoms with E-state index < -0.39 is 17.8 Å². The second kappa shape index (κ2) is 7.19. The van der Waals surface area contributed by atoms with E-state index in [0.717, 1.165) is 17.5 Å². The SMILES string of the molecule is CCOC1=NC(=O)C(c2c(F)c(Cl)cc3c2N(Cc2ccccc2)CC3)O1. The van der Waals surface area contributed by atoms with Gasteiger partial charge in [-0.05, 0) is 30.5 Å². The molecule has 27 heavy (non-hydrogen) atoms. The fraction of sp³-hybridized carbons (Fsp3) is 0.300. The van der Waals surface area contributed by atoms with Crippen LogP contribution in [0.4, 0.5) is 10.1 Å². The highest BCUT2D eigenvalue weighted by Gasteiger charge is 2.40. The Balaban J connectivity index is 1.73. The average Bonchev–Trinajstić information content (AvgIpc) is 3.21. The van der Waals surface area contributed by atoms with Gasteiger partial charge in [-0.2, -0.15) is 0 Å². The summed E-state index contributed by atoms with van der Waals surface area (Å²) in [7, 11) is 0. The Morgan fingerprint density at radius 3 is 2.89 bits per heavy atom. The summed E-state index contributed by atoms with van der Waals surface area (Å²) < 4.78 is 25.7. The van der Waals surface area contributed by atoms with E-state index >= 15 is 4.39 Å². The third-order valence-electron chi connectivity index (χ3n) is 4.66. The molecule has 5 nitrogen and oxygen atoms in total. The predicted octanol–water partition coefficient (Wildman–Crippen LogP) is 4.03. The molecule has 2 aromatic rings. The van der Waals surface area contributed by atoms with Gasteiger partial charge < -0.3 is 14.4 Å². The molecule has 0 saturated heterocycles. The Morgan fingerprint density at radius 2 is 2.15 bits per heavy atom. The maximum Gasteiger partial charge on any atom is 0.392 e. The Hall–Kier alpha value is -2.60. The summed E-state index contributed by atoms with van der Waals surface area (Å²) in [4.78, 5) is 18.2. The summed E-state index contributed by atoms with van der Waals surface area (Å²) in [5.74, 6) is -1.24. The molecule has 0 spiro atoms. The van der Waals surface area contributed by atoms with Crippen molar-refractivity contribution in [1.29, 1.82) is 0 Å². The average molecular weight is 389 g/mol. The first-order valence-corrected chi connectivity index (χ1v) is 9.18. The summed E-state index contributed by atoms with van der Waals surface area (Å²) >= 11 is 6.10. The van der Waals surface area contributed by atoms with Crippen LogP contribution < -0.4 is 4.90 Å². The summed E-state index contributed by atoms with van der Waals surface area (Å²) in [6.07, 6.45) is -0.599. The molecule has 2 aliphatic heterocycles. The number of nitrogens with zero attached hydrogens (tertiary/aromatic N) is 2. The molecule has 0 saturated carbocycles. The predicted molar refractivity (Wildman–Crippen MR) is 101 cm³/mol. The van der Waals surface area contributed by atoms with Gasteiger partial charge in [0.25, 0.3) is 5.91 Å². The number of rotatable bonds is 4. The van der Waals surface area contributed by atoms with E-state index in [1.165, 1.54) is 0 Å². The summed E-state index contributed by atoms with van der Waals surface area (Å²) in [5, 5.41) is -0.0217. The van der Waals surface area contributed by atoms with Crippen LogP contribution in [-0.2, 0) is 27.2 Å². The van der Waals surface area contributed by atoms with Crippen LogP contribution in [-0.4, -0.2) is 25.1 Å². The van der Waals surface area contributed by atoms with E-state index in [1.807, 2.05) is 30.3 Å². The first-order valence-electron chi connectivity index (χ1n) is 8.80. The van der Waals surface area contributed by atoms with E-state index in [4.69, 9.17) is 21.1 Å². The van der Waals surface area contributed by atoms with Gasteiger partial charge in [-0.25, -0.2) is 4.39 Å². The quantitative estimate of drug-likeness (QED) is 0.793. The third kappa shape index (κ3) is 3.25. The molecule has 140 valence electrons. The van der Waals surface area contributed by atoms with Crippen molar-refractivity contribution in [2.75, 3.05) is 18.1 Å². The lowest BCUT2D eigenvalue weighted by Gasteiger charge is -2.24. The summed E-state index contributed by atoms with van der Waals surface area (Å²) in [5.41, 5.74) is 2.78. The zero-order valence-corrected chi connectivity index (χ0v) is 15.5.